The van der Waals surface area contributed by atoms with Gasteiger partial charge in [0, 0.05) is 42.8 Å². The summed E-state index contributed by atoms with van der Waals surface area (Å²) in [5.74, 6) is -9.83. The molecule has 0 unspecified atom stereocenters. The molecule has 2 aliphatic rings. The minimum Gasteiger partial charge on any atom is -0.386 e. The number of amidine groups is 1. The van der Waals surface area contributed by atoms with E-state index in [4.69, 9.17) is 22.0 Å². The van der Waals surface area contributed by atoms with Crippen molar-refractivity contribution in [2.45, 2.75) is 50.2 Å². The molecule has 3 aromatic carbocycles. The van der Waals surface area contributed by atoms with Crippen molar-refractivity contribution in [2.24, 2.45) is 5.92 Å². The molecule has 2 aliphatic carbocycles. The maximum atomic E-state index is 15.5. The Kier molecular flexibility index (Phi) is 11.1. The van der Waals surface area contributed by atoms with Crippen LogP contribution in [0.4, 0.5) is 36.4 Å². The number of anilines is 1. The first-order chi connectivity index (χ1) is 29.8. The molecule has 8 rings (SSSR count). The van der Waals surface area contributed by atoms with Gasteiger partial charge in [-0.2, -0.15) is 19.0 Å². The zero-order valence-electron chi connectivity index (χ0n) is 32.9. The monoisotopic (exact) mass is 918 g/mol. The van der Waals surface area contributed by atoms with Gasteiger partial charge in [-0.1, -0.05) is 17.7 Å². The second-order valence-electron chi connectivity index (χ2n) is 15.1. The molecule has 1 amide bonds. The van der Waals surface area contributed by atoms with Gasteiger partial charge in [0.05, 0.1) is 57.9 Å². The molecule has 3 heterocycles. The highest BCUT2D eigenvalue weighted by atomic mass is 35.5. The average Bonchev–Trinajstić information content (AvgIpc) is 3.61. The first-order valence-corrected chi connectivity index (χ1v) is 21.3. The van der Waals surface area contributed by atoms with Gasteiger partial charge >= 0.3 is 0 Å². The molecule has 1 saturated carbocycles. The molecule has 0 spiro atoms. The largest absolute Gasteiger partial charge is 0.386 e. The number of amides is 1. The van der Waals surface area contributed by atoms with E-state index >= 15 is 8.78 Å². The molecule has 3 aromatic heterocycles. The van der Waals surface area contributed by atoms with Crippen molar-refractivity contribution in [3.63, 3.8) is 0 Å². The number of sulfonamides is 1. The van der Waals surface area contributed by atoms with E-state index in [2.05, 4.69) is 20.8 Å². The molecular formula is C40H34ClF7N10O4S. The van der Waals surface area contributed by atoms with Gasteiger partial charge in [0.1, 0.15) is 47.9 Å². The fraction of sp³-hybridized carbons (Fsp3) is 0.300. The highest BCUT2D eigenvalue weighted by molar-refractivity contribution is 7.89. The van der Waals surface area contributed by atoms with Crippen molar-refractivity contribution < 1.29 is 43.9 Å². The number of nitrogens with one attached hydrogen (secondary N) is 4. The highest BCUT2D eigenvalue weighted by Crippen LogP contribution is 2.68. The van der Waals surface area contributed by atoms with Crippen LogP contribution in [0.2, 0.25) is 5.02 Å². The Labute approximate surface area is 357 Å². The van der Waals surface area contributed by atoms with E-state index in [1.165, 1.54) is 42.2 Å². The van der Waals surface area contributed by atoms with Crippen LogP contribution >= 0.6 is 11.6 Å². The van der Waals surface area contributed by atoms with E-state index in [-0.39, 0.29) is 62.8 Å². The minimum absolute atomic E-state index is 0.00341. The normalized spacial score (nSPS) is 16.8. The average molecular weight is 919 g/mol. The molecule has 14 nitrogen and oxygen atoms in total. The molecular weight excluding hydrogens is 885 g/mol. The van der Waals surface area contributed by atoms with Gasteiger partial charge in [0.2, 0.25) is 15.9 Å². The first kappa shape index (κ1) is 43.4. The summed E-state index contributed by atoms with van der Waals surface area (Å²) in [6, 6.07) is 7.95. The number of aromatic nitrogens is 6. The molecule has 0 bridgehead atoms. The van der Waals surface area contributed by atoms with E-state index in [9.17, 15) is 40.0 Å². The SMILES string of the molecule is CNc1c(-n2c([C@H](Cc3cc(F)cc(F)c3)NC(=O)Cn3nc(C(F)F)c4c3C(F)(F)[C@@H]3C[C@H]43)nc3cc(-c4cnn(CCF)c4)ccc3c2=O)ccc(Cl)c1C(=N)NS(C)(=O)=O. The van der Waals surface area contributed by atoms with Gasteiger partial charge in [-0.25, -0.2) is 35.4 Å². The maximum Gasteiger partial charge on any atom is 0.293 e. The van der Waals surface area contributed by atoms with Crippen molar-refractivity contribution in [1.29, 1.82) is 5.41 Å². The van der Waals surface area contributed by atoms with Gasteiger partial charge < -0.3 is 10.6 Å². The second-order valence-corrected chi connectivity index (χ2v) is 17.3. The number of halogens is 8. The topological polar surface area (TPSA) is 182 Å². The Morgan fingerprint density at radius 3 is 2.48 bits per heavy atom. The summed E-state index contributed by atoms with van der Waals surface area (Å²) in [6.45, 7) is -1.76. The van der Waals surface area contributed by atoms with Crippen LogP contribution < -0.4 is 20.9 Å². The van der Waals surface area contributed by atoms with Crippen LogP contribution in [0, 0.1) is 23.0 Å². The lowest BCUT2D eigenvalue weighted by molar-refractivity contribution is -0.123. The summed E-state index contributed by atoms with van der Waals surface area (Å²) in [6.07, 6.45) is 0.0276. The van der Waals surface area contributed by atoms with E-state index in [0.29, 0.717) is 21.9 Å². The zero-order valence-corrected chi connectivity index (χ0v) is 34.4. The summed E-state index contributed by atoms with van der Waals surface area (Å²) in [5, 5.41) is 21.7. The lowest BCUT2D eigenvalue weighted by Crippen LogP contribution is -2.38. The number of fused-ring (bicyclic) bond motifs is 4. The molecule has 330 valence electrons. The van der Waals surface area contributed by atoms with Crippen molar-refractivity contribution >= 4 is 50.0 Å². The fourth-order valence-corrected chi connectivity index (χ4v) is 8.91. The first-order valence-electron chi connectivity index (χ1n) is 19.0. The summed E-state index contributed by atoms with van der Waals surface area (Å²) in [7, 11) is -2.66. The van der Waals surface area contributed by atoms with E-state index in [1.807, 2.05) is 4.72 Å². The predicted octanol–water partition coefficient (Wildman–Crippen LogP) is 6.51. The molecule has 6 aromatic rings. The highest BCUT2D eigenvalue weighted by Gasteiger charge is 2.67. The quantitative estimate of drug-likeness (QED) is 0.0542. The van der Waals surface area contributed by atoms with E-state index in [0.717, 1.165) is 23.0 Å². The molecule has 23 heteroatoms. The second kappa shape index (κ2) is 16.1. The number of carbonyl (C=O) groups is 1. The number of rotatable bonds is 14. The predicted molar refractivity (Wildman–Crippen MR) is 217 cm³/mol. The number of aryl methyl sites for hydroxylation is 1. The summed E-state index contributed by atoms with van der Waals surface area (Å²) in [4.78, 5) is 33.8. The molecule has 1 fully saturated rings. The van der Waals surface area contributed by atoms with Crippen LogP contribution in [0.25, 0.3) is 27.7 Å². The third kappa shape index (κ3) is 8.12. The Hall–Kier alpha value is -6.29. The lowest BCUT2D eigenvalue weighted by atomic mass is 10.0. The summed E-state index contributed by atoms with van der Waals surface area (Å²) in [5.41, 5.74) is -2.39. The van der Waals surface area contributed by atoms with Crippen LogP contribution in [0.5, 0.6) is 0 Å². The van der Waals surface area contributed by atoms with Gasteiger partial charge in [-0.15, -0.1) is 0 Å². The van der Waals surface area contributed by atoms with E-state index in [1.54, 1.807) is 12.3 Å². The Morgan fingerprint density at radius 2 is 1.81 bits per heavy atom. The molecule has 4 N–H and O–H groups in total. The standard InChI is InChI=1S/C40H34ClF7N10O4S/c1-50-33-29(6-5-26(41)32(33)37(49)55-63(2,61)62)58-38(53-27-12-19(3-4-23(27)39(58)60)20-15-51-56(16-20)8-7-42)28(11-18-9-21(43)13-22(44)10-18)52-30(59)17-57-35-31(34(54-57)36(45)46)24-14-25(24)40(35,47)48/h3-6,9-10,12-13,15-16,24-25,28,36,50H,7-8,11,14,17H2,1-2H3,(H2,49,55)(H,52,59)/t24-,25+,28-/m0/s1. The summed E-state index contributed by atoms with van der Waals surface area (Å²) >= 11 is 6.52. The van der Waals surface area contributed by atoms with Gasteiger partial charge in [0.15, 0.2) is 0 Å². The third-order valence-electron chi connectivity index (χ3n) is 10.8. The van der Waals surface area contributed by atoms with Crippen molar-refractivity contribution in [3.8, 4) is 16.8 Å². The third-order valence-corrected chi connectivity index (χ3v) is 11.7. The van der Waals surface area contributed by atoms with Crippen LogP contribution in [0.1, 0.15) is 58.7 Å². The molecule has 0 aliphatic heterocycles. The molecule has 0 radical (unpaired) electrons. The van der Waals surface area contributed by atoms with Gasteiger partial charge in [-0.05, 0) is 59.9 Å². The minimum atomic E-state index is -4.05. The number of hydrogen-bond acceptors (Lipinski definition) is 9. The molecule has 63 heavy (non-hydrogen) atoms. The van der Waals surface area contributed by atoms with Gasteiger partial charge in [-0.3, -0.25) is 33.7 Å². The zero-order chi connectivity index (χ0) is 45.3. The van der Waals surface area contributed by atoms with Crippen LogP contribution in [0.3, 0.4) is 0 Å². The number of hydrogen-bond donors (Lipinski definition) is 4. The summed E-state index contributed by atoms with van der Waals surface area (Å²) < 4.78 is 131. The Bertz CT molecular complexity index is 3010. The number of carbonyl (C=O) groups excluding carboxylic acids is 1. The molecule has 0 saturated heterocycles. The van der Waals surface area contributed by atoms with Crippen molar-refractivity contribution in [2.75, 3.05) is 25.3 Å². The lowest BCUT2D eigenvalue weighted by Gasteiger charge is -2.25. The Morgan fingerprint density at radius 1 is 1.08 bits per heavy atom. The number of benzene rings is 3. The number of nitrogens with zero attached hydrogens (tertiary/aromatic N) is 6. The van der Waals surface area contributed by atoms with Crippen LogP contribution in [-0.2, 0) is 40.3 Å². The fourth-order valence-electron chi connectivity index (χ4n) is 8.18. The number of alkyl halides is 5. The molecule has 3 atom stereocenters. The smallest absolute Gasteiger partial charge is 0.293 e. The van der Waals surface area contributed by atoms with Crippen LogP contribution in [0.15, 0.2) is 65.7 Å². The van der Waals surface area contributed by atoms with Crippen LogP contribution in [-0.4, -0.2) is 69.3 Å². The van der Waals surface area contributed by atoms with Gasteiger partial charge in [0.25, 0.3) is 17.9 Å². The Balaban J connectivity index is 1.33. The van der Waals surface area contributed by atoms with Crippen molar-refractivity contribution in [3.05, 3.63) is 122 Å². The van der Waals surface area contributed by atoms with E-state index < -0.39 is 100 Å². The maximum absolute atomic E-state index is 15.5. The van der Waals surface area contributed by atoms with Crippen molar-refractivity contribution in [1.82, 2.24) is 39.2 Å².